The van der Waals surface area contributed by atoms with Crippen LogP contribution in [0.1, 0.15) is 36.5 Å². The van der Waals surface area contributed by atoms with Gasteiger partial charge >= 0.3 is 0 Å². The summed E-state index contributed by atoms with van der Waals surface area (Å²) in [5.41, 5.74) is 1.38. The van der Waals surface area contributed by atoms with Gasteiger partial charge in [-0.3, -0.25) is 0 Å². The molecule has 2 aromatic rings. The zero-order chi connectivity index (χ0) is 16.8. The lowest BCUT2D eigenvalue weighted by Gasteiger charge is -2.06. The van der Waals surface area contributed by atoms with Crippen LogP contribution in [-0.4, -0.2) is 21.4 Å². The van der Waals surface area contributed by atoms with Gasteiger partial charge in [-0.2, -0.15) is 10.5 Å². The molecule has 0 radical (unpaired) electrons. The van der Waals surface area contributed by atoms with Gasteiger partial charge in [0.1, 0.15) is 23.7 Å². The van der Waals surface area contributed by atoms with Crippen molar-refractivity contribution in [3.63, 3.8) is 0 Å². The topological polar surface area (TPSA) is 87.5 Å². The minimum absolute atomic E-state index is 0.0184. The highest BCUT2D eigenvalue weighted by Crippen LogP contribution is 2.22. The molecule has 0 saturated carbocycles. The standard InChI is InChI=1S/C18H17N5O/c19-9-11-24-16-7-5-14(6-8-16)12-15(13-20)18-22-21-17-4-2-1-3-10-23(17)18/h5-8,12H,1-4,10-11H2/b15-12+. The normalized spacial score (nSPS) is 14.2. The summed E-state index contributed by atoms with van der Waals surface area (Å²) in [7, 11) is 0. The highest BCUT2D eigenvalue weighted by Gasteiger charge is 2.17. The van der Waals surface area contributed by atoms with Crippen LogP contribution in [0.2, 0.25) is 0 Å². The minimum Gasteiger partial charge on any atom is -0.479 e. The maximum absolute atomic E-state index is 9.54. The van der Waals surface area contributed by atoms with E-state index in [0.29, 0.717) is 17.1 Å². The smallest absolute Gasteiger partial charge is 0.174 e. The number of hydrogen-bond donors (Lipinski definition) is 0. The number of nitrogens with zero attached hydrogens (tertiary/aromatic N) is 5. The second-order valence-corrected chi connectivity index (χ2v) is 5.59. The quantitative estimate of drug-likeness (QED) is 0.808. The number of ether oxygens (including phenoxy) is 1. The summed E-state index contributed by atoms with van der Waals surface area (Å²) in [6.45, 7) is 0.877. The van der Waals surface area contributed by atoms with Crippen molar-refractivity contribution in [3.05, 3.63) is 41.5 Å². The lowest BCUT2D eigenvalue weighted by atomic mass is 10.1. The van der Waals surface area contributed by atoms with Crippen LogP contribution in [0.5, 0.6) is 5.75 Å². The Labute approximate surface area is 140 Å². The Balaban J connectivity index is 1.87. The summed E-state index contributed by atoms with van der Waals surface area (Å²) < 4.78 is 7.29. The van der Waals surface area contributed by atoms with Gasteiger partial charge in [-0.05, 0) is 36.6 Å². The highest BCUT2D eigenvalue weighted by molar-refractivity contribution is 5.87. The first-order valence-corrected chi connectivity index (χ1v) is 7.96. The molecule has 6 heteroatoms. The third-order valence-corrected chi connectivity index (χ3v) is 3.97. The number of aryl methyl sites for hydroxylation is 1. The summed E-state index contributed by atoms with van der Waals surface area (Å²) in [5, 5.41) is 26.5. The number of fused-ring (bicyclic) bond motifs is 1. The Morgan fingerprint density at radius 2 is 2.00 bits per heavy atom. The van der Waals surface area contributed by atoms with Crippen LogP contribution in [0, 0.1) is 22.7 Å². The molecule has 24 heavy (non-hydrogen) atoms. The van der Waals surface area contributed by atoms with E-state index in [9.17, 15) is 5.26 Å². The Hall–Kier alpha value is -3.12. The minimum atomic E-state index is 0.0184. The number of hydrogen-bond acceptors (Lipinski definition) is 5. The molecule has 1 aliphatic heterocycles. The van der Waals surface area contributed by atoms with E-state index in [-0.39, 0.29) is 6.61 Å². The SMILES string of the molecule is N#CCOc1ccc(/C=C(\C#N)c2nnc3n2CCCCC3)cc1. The fourth-order valence-electron chi connectivity index (χ4n) is 2.77. The van der Waals surface area contributed by atoms with Crippen molar-refractivity contribution < 1.29 is 4.74 Å². The number of benzene rings is 1. The lowest BCUT2D eigenvalue weighted by molar-refractivity contribution is 0.368. The molecular weight excluding hydrogens is 302 g/mol. The van der Waals surface area contributed by atoms with E-state index in [1.165, 1.54) is 6.42 Å². The maximum atomic E-state index is 9.54. The van der Waals surface area contributed by atoms with Crippen LogP contribution < -0.4 is 4.74 Å². The third kappa shape index (κ3) is 3.44. The van der Waals surface area contributed by atoms with Crippen molar-refractivity contribution in [1.29, 1.82) is 10.5 Å². The van der Waals surface area contributed by atoms with Crippen molar-refractivity contribution in [2.45, 2.75) is 32.2 Å². The van der Waals surface area contributed by atoms with Crippen molar-refractivity contribution in [2.24, 2.45) is 0 Å². The summed E-state index contributed by atoms with van der Waals surface area (Å²) in [4.78, 5) is 0. The molecule has 0 aliphatic carbocycles. The molecule has 0 N–H and O–H groups in total. The molecule has 0 atom stereocenters. The molecule has 0 saturated heterocycles. The average Bonchev–Trinajstić information content (AvgIpc) is 2.86. The van der Waals surface area contributed by atoms with E-state index in [0.717, 1.165) is 37.2 Å². The summed E-state index contributed by atoms with van der Waals surface area (Å²) in [5.74, 6) is 2.23. The van der Waals surface area contributed by atoms with Crippen LogP contribution in [-0.2, 0) is 13.0 Å². The van der Waals surface area contributed by atoms with Crippen LogP contribution in [0.4, 0.5) is 0 Å². The monoisotopic (exact) mass is 319 g/mol. The van der Waals surface area contributed by atoms with Crippen LogP contribution >= 0.6 is 0 Å². The second kappa shape index (κ2) is 7.43. The molecule has 6 nitrogen and oxygen atoms in total. The Bertz CT molecular complexity index is 821. The van der Waals surface area contributed by atoms with Crippen LogP contribution in [0.15, 0.2) is 24.3 Å². The summed E-state index contributed by atoms with van der Waals surface area (Å²) >= 11 is 0. The number of allylic oxidation sites excluding steroid dienone is 1. The molecule has 1 aromatic heterocycles. The van der Waals surface area contributed by atoms with Gasteiger partial charge in [-0.15, -0.1) is 10.2 Å². The molecule has 120 valence electrons. The van der Waals surface area contributed by atoms with Gasteiger partial charge in [0.25, 0.3) is 0 Å². The van der Waals surface area contributed by atoms with Gasteiger partial charge in [0.15, 0.2) is 12.4 Å². The van der Waals surface area contributed by atoms with Gasteiger partial charge in [-0.1, -0.05) is 18.6 Å². The molecular formula is C18H17N5O. The number of nitriles is 2. The van der Waals surface area contributed by atoms with Crippen LogP contribution in [0.25, 0.3) is 11.6 Å². The van der Waals surface area contributed by atoms with Gasteiger partial charge in [0, 0.05) is 13.0 Å². The second-order valence-electron chi connectivity index (χ2n) is 5.59. The van der Waals surface area contributed by atoms with Gasteiger partial charge in [-0.25, -0.2) is 0 Å². The zero-order valence-corrected chi connectivity index (χ0v) is 13.3. The summed E-state index contributed by atoms with van der Waals surface area (Å²) in [6, 6.07) is 11.4. The first kappa shape index (κ1) is 15.8. The predicted octanol–water partition coefficient (Wildman–Crippen LogP) is 2.97. The van der Waals surface area contributed by atoms with Gasteiger partial charge in [0.05, 0.1) is 5.57 Å². The molecule has 0 fully saturated rings. The average molecular weight is 319 g/mol. The molecule has 0 spiro atoms. The Morgan fingerprint density at radius 3 is 2.75 bits per heavy atom. The molecule has 1 aromatic carbocycles. The Morgan fingerprint density at radius 1 is 1.17 bits per heavy atom. The fraction of sp³-hybridized carbons (Fsp3) is 0.333. The van der Waals surface area contributed by atoms with Crippen molar-refractivity contribution in [1.82, 2.24) is 14.8 Å². The zero-order valence-electron chi connectivity index (χ0n) is 13.3. The Kier molecular flexibility index (Phi) is 4.88. The molecule has 2 heterocycles. The van der Waals surface area contributed by atoms with Gasteiger partial charge in [0.2, 0.25) is 0 Å². The first-order valence-electron chi connectivity index (χ1n) is 7.96. The van der Waals surface area contributed by atoms with E-state index in [1.54, 1.807) is 18.2 Å². The van der Waals surface area contributed by atoms with Crippen LogP contribution in [0.3, 0.4) is 0 Å². The highest BCUT2D eigenvalue weighted by atomic mass is 16.5. The summed E-state index contributed by atoms with van der Waals surface area (Å²) in [6.07, 6.45) is 6.10. The van der Waals surface area contributed by atoms with Gasteiger partial charge < -0.3 is 9.30 Å². The number of rotatable bonds is 4. The molecule has 0 bridgehead atoms. The third-order valence-electron chi connectivity index (χ3n) is 3.97. The fourth-order valence-corrected chi connectivity index (χ4v) is 2.77. The molecule has 0 unspecified atom stereocenters. The van der Waals surface area contributed by atoms with E-state index in [2.05, 4.69) is 20.8 Å². The largest absolute Gasteiger partial charge is 0.479 e. The maximum Gasteiger partial charge on any atom is 0.174 e. The van der Waals surface area contributed by atoms with E-state index in [4.69, 9.17) is 10.00 Å². The predicted molar refractivity (Wildman–Crippen MR) is 88.6 cm³/mol. The lowest BCUT2D eigenvalue weighted by Crippen LogP contribution is -2.05. The van der Waals surface area contributed by atoms with E-state index in [1.807, 2.05) is 18.2 Å². The molecule has 1 aliphatic rings. The van der Waals surface area contributed by atoms with E-state index >= 15 is 0 Å². The molecule has 3 rings (SSSR count). The van der Waals surface area contributed by atoms with Crippen molar-refractivity contribution in [3.8, 4) is 17.9 Å². The number of aromatic nitrogens is 3. The first-order chi connectivity index (χ1) is 11.8. The van der Waals surface area contributed by atoms with E-state index < -0.39 is 0 Å². The van der Waals surface area contributed by atoms with Crippen molar-refractivity contribution in [2.75, 3.05) is 6.61 Å². The van der Waals surface area contributed by atoms with Crippen molar-refractivity contribution >= 4 is 11.6 Å². The molecule has 0 amide bonds.